The van der Waals surface area contributed by atoms with Gasteiger partial charge in [0.05, 0.1) is 11.9 Å². The third-order valence-electron chi connectivity index (χ3n) is 2.74. The maximum atomic E-state index is 8.71. The summed E-state index contributed by atoms with van der Waals surface area (Å²) in [5, 5.41) is 8.71. The molecule has 1 aromatic heterocycles. The summed E-state index contributed by atoms with van der Waals surface area (Å²) < 4.78 is 0. The Kier molecular flexibility index (Phi) is 3.09. The molecule has 0 atom stereocenters. The van der Waals surface area contributed by atoms with Gasteiger partial charge in [0.25, 0.3) is 0 Å². The minimum absolute atomic E-state index is 0.490. The molecule has 0 saturated heterocycles. The molecule has 1 heterocycles. The maximum Gasteiger partial charge on any atom is 0.140 e. The minimum atomic E-state index is 0.490. The lowest BCUT2D eigenvalue weighted by molar-refractivity contribution is 0.607. The lowest BCUT2D eigenvalue weighted by Gasteiger charge is -2.26. The van der Waals surface area contributed by atoms with Crippen LogP contribution in [0, 0.1) is 17.2 Å². The Hall–Kier alpha value is -1.56. The molecule has 1 aromatic rings. The van der Waals surface area contributed by atoms with E-state index >= 15 is 0 Å². The van der Waals surface area contributed by atoms with Crippen LogP contribution in [0.1, 0.15) is 32.4 Å². The van der Waals surface area contributed by atoms with Crippen molar-refractivity contribution >= 4 is 5.69 Å². The van der Waals surface area contributed by atoms with Crippen molar-refractivity contribution in [1.29, 1.82) is 5.26 Å². The highest BCUT2D eigenvalue weighted by Gasteiger charge is 2.29. The second-order valence-corrected chi connectivity index (χ2v) is 4.79. The predicted molar refractivity (Wildman–Crippen MR) is 64.2 cm³/mol. The first-order valence-electron chi connectivity index (χ1n) is 5.83. The molecule has 16 heavy (non-hydrogen) atoms. The zero-order valence-electron chi connectivity index (χ0n) is 9.85. The van der Waals surface area contributed by atoms with Crippen LogP contribution in [-0.2, 0) is 0 Å². The number of anilines is 1. The van der Waals surface area contributed by atoms with Crippen LogP contribution in [0.4, 0.5) is 5.69 Å². The summed E-state index contributed by atoms with van der Waals surface area (Å²) >= 11 is 0. The number of aromatic nitrogens is 1. The van der Waals surface area contributed by atoms with Crippen LogP contribution in [0.5, 0.6) is 0 Å². The highest BCUT2D eigenvalue weighted by molar-refractivity contribution is 5.48. The Morgan fingerprint density at radius 3 is 2.69 bits per heavy atom. The molecule has 0 amide bonds. The fourth-order valence-corrected chi connectivity index (χ4v) is 1.87. The van der Waals surface area contributed by atoms with Crippen LogP contribution in [0.3, 0.4) is 0 Å². The van der Waals surface area contributed by atoms with Gasteiger partial charge in [-0.3, -0.25) is 0 Å². The molecule has 0 aliphatic heterocycles. The topological polar surface area (TPSA) is 39.9 Å². The van der Waals surface area contributed by atoms with Gasteiger partial charge in [-0.25, -0.2) is 4.98 Å². The largest absolute Gasteiger partial charge is 0.367 e. The van der Waals surface area contributed by atoms with Crippen molar-refractivity contribution in [3.8, 4) is 6.07 Å². The number of hydrogen-bond donors (Lipinski definition) is 0. The molecule has 3 heteroatoms. The maximum absolute atomic E-state index is 8.71. The van der Waals surface area contributed by atoms with Crippen molar-refractivity contribution in [3.05, 3.63) is 24.0 Å². The summed E-state index contributed by atoms with van der Waals surface area (Å²) in [5.74, 6) is 0.649. The fourth-order valence-electron chi connectivity index (χ4n) is 1.87. The summed E-state index contributed by atoms with van der Waals surface area (Å²) in [6.45, 7) is 5.52. The quantitative estimate of drug-likeness (QED) is 0.775. The molecule has 0 unspecified atom stereocenters. The van der Waals surface area contributed by atoms with E-state index in [1.165, 1.54) is 12.8 Å². The van der Waals surface area contributed by atoms with Gasteiger partial charge in [0.2, 0.25) is 0 Å². The van der Waals surface area contributed by atoms with Crippen LogP contribution in [0.15, 0.2) is 18.3 Å². The molecular weight excluding hydrogens is 198 g/mol. The van der Waals surface area contributed by atoms with Crippen LogP contribution in [0.2, 0.25) is 0 Å². The molecule has 1 aliphatic carbocycles. The molecule has 0 aromatic carbocycles. The van der Waals surface area contributed by atoms with Crippen LogP contribution in [-0.4, -0.2) is 17.6 Å². The van der Waals surface area contributed by atoms with Crippen molar-refractivity contribution in [2.75, 3.05) is 11.4 Å². The van der Waals surface area contributed by atoms with Crippen LogP contribution >= 0.6 is 0 Å². The van der Waals surface area contributed by atoms with Crippen molar-refractivity contribution in [1.82, 2.24) is 4.98 Å². The van der Waals surface area contributed by atoms with Gasteiger partial charge < -0.3 is 4.90 Å². The number of nitrogens with zero attached hydrogens (tertiary/aromatic N) is 3. The first-order valence-corrected chi connectivity index (χ1v) is 5.83. The lowest BCUT2D eigenvalue weighted by atomic mass is 10.2. The van der Waals surface area contributed by atoms with Gasteiger partial charge in [0, 0.05) is 12.6 Å². The van der Waals surface area contributed by atoms with Gasteiger partial charge in [0.15, 0.2) is 0 Å². The normalized spacial score (nSPS) is 14.9. The highest BCUT2D eigenvalue weighted by atomic mass is 15.2. The molecule has 1 aliphatic rings. The molecular formula is C13H17N3. The van der Waals surface area contributed by atoms with E-state index in [9.17, 15) is 0 Å². The van der Waals surface area contributed by atoms with E-state index in [1.54, 1.807) is 6.07 Å². The van der Waals surface area contributed by atoms with Crippen LogP contribution in [0.25, 0.3) is 0 Å². The molecule has 0 bridgehead atoms. The van der Waals surface area contributed by atoms with E-state index in [0.717, 1.165) is 12.2 Å². The number of rotatable bonds is 4. The van der Waals surface area contributed by atoms with Crippen molar-refractivity contribution in [2.24, 2.45) is 5.92 Å². The van der Waals surface area contributed by atoms with E-state index in [1.807, 2.05) is 18.3 Å². The summed E-state index contributed by atoms with van der Waals surface area (Å²) in [6, 6.07) is 6.54. The number of hydrogen-bond acceptors (Lipinski definition) is 3. The standard InChI is InChI=1S/C13H17N3/c1-10(2)9-16(12-5-6-12)13-4-3-11(7-14)15-8-13/h3-4,8,10,12H,5-6,9H2,1-2H3. The van der Waals surface area contributed by atoms with Crippen molar-refractivity contribution < 1.29 is 0 Å². The highest BCUT2D eigenvalue weighted by Crippen LogP contribution is 2.31. The second kappa shape index (κ2) is 4.52. The van der Waals surface area contributed by atoms with Gasteiger partial charge in [-0.05, 0) is 30.9 Å². The second-order valence-electron chi connectivity index (χ2n) is 4.79. The Morgan fingerprint density at radius 2 is 2.25 bits per heavy atom. The van der Waals surface area contributed by atoms with E-state index < -0.39 is 0 Å². The minimum Gasteiger partial charge on any atom is -0.367 e. The molecule has 84 valence electrons. The van der Waals surface area contributed by atoms with Gasteiger partial charge in [-0.15, -0.1) is 0 Å². The molecule has 0 radical (unpaired) electrons. The lowest BCUT2D eigenvalue weighted by Crippen LogP contribution is -2.29. The zero-order valence-corrected chi connectivity index (χ0v) is 9.85. The molecule has 3 nitrogen and oxygen atoms in total. The average Bonchev–Trinajstić information content (AvgIpc) is 3.10. The van der Waals surface area contributed by atoms with Crippen LogP contribution < -0.4 is 4.90 Å². The Balaban J connectivity index is 2.15. The molecule has 0 N–H and O–H groups in total. The third kappa shape index (κ3) is 2.52. The summed E-state index contributed by atoms with van der Waals surface area (Å²) in [4.78, 5) is 6.55. The fraction of sp³-hybridized carbons (Fsp3) is 0.538. The predicted octanol–water partition coefficient (Wildman–Crippen LogP) is 2.58. The Morgan fingerprint density at radius 1 is 1.50 bits per heavy atom. The van der Waals surface area contributed by atoms with Crippen molar-refractivity contribution in [2.45, 2.75) is 32.7 Å². The van der Waals surface area contributed by atoms with Crippen molar-refractivity contribution in [3.63, 3.8) is 0 Å². The van der Waals surface area contributed by atoms with E-state index in [-0.39, 0.29) is 0 Å². The van der Waals surface area contributed by atoms with Gasteiger partial charge >= 0.3 is 0 Å². The first-order chi connectivity index (χ1) is 7.70. The Bertz CT molecular complexity index is 385. The smallest absolute Gasteiger partial charge is 0.140 e. The number of nitriles is 1. The van der Waals surface area contributed by atoms with Gasteiger partial charge in [0.1, 0.15) is 11.8 Å². The average molecular weight is 215 g/mol. The first kappa shape index (κ1) is 10.9. The molecule has 0 spiro atoms. The van der Waals surface area contributed by atoms with E-state index in [0.29, 0.717) is 17.7 Å². The van der Waals surface area contributed by atoms with E-state index in [2.05, 4.69) is 23.7 Å². The van der Waals surface area contributed by atoms with Gasteiger partial charge in [-0.1, -0.05) is 13.8 Å². The van der Waals surface area contributed by atoms with Gasteiger partial charge in [-0.2, -0.15) is 5.26 Å². The third-order valence-corrected chi connectivity index (χ3v) is 2.74. The van der Waals surface area contributed by atoms with E-state index in [4.69, 9.17) is 5.26 Å². The molecule has 1 saturated carbocycles. The number of pyridine rings is 1. The summed E-state index contributed by atoms with van der Waals surface area (Å²) in [5.41, 5.74) is 1.64. The molecule has 2 rings (SSSR count). The summed E-state index contributed by atoms with van der Waals surface area (Å²) in [7, 11) is 0. The Labute approximate surface area is 96.7 Å². The molecule has 1 fully saturated rings. The SMILES string of the molecule is CC(C)CN(c1ccc(C#N)nc1)C1CC1. The summed E-state index contributed by atoms with van der Waals surface area (Å²) in [6.07, 6.45) is 4.39. The zero-order chi connectivity index (χ0) is 11.5. The monoisotopic (exact) mass is 215 g/mol.